The molecule has 2 heterocycles. The van der Waals surface area contributed by atoms with Crippen LogP contribution in [0.2, 0.25) is 0 Å². The molecule has 2 atom stereocenters. The van der Waals surface area contributed by atoms with Crippen LogP contribution in [-0.2, 0) is 6.54 Å². The van der Waals surface area contributed by atoms with Crippen molar-refractivity contribution in [1.82, 2.24) is 9.88 Å². The summed E-state index contributed by atoms with van der Waals surface area (Å²) in [5.41, 5.74) is 0.694. The van der Waals surface area contributed by atoms with Crippen molar-refractivity contribution < 1.29 is 13.9 Å². The molecule has 1 N–H and O–H groups in total. The first-order valence-electron chi connectivity index (χ1n) is 7.73. The number of piperidine rings is 1. The van der Waals surface area contributed by atoms with E-state index < -0.39 is 0 Å². The molecule has 3 rings (SSSR count). The second-order valence-electron chi connectivity index (χ2n) is 6.01. The minimum atomic E-state index is -0.286. The van der Waals surface area contributed by atoms with Gasteiger partial charge in [0.2, 0.25) is 5.89 Å². The Morgan fingerprint density at radius 2 is 2.36 bits per heavy atom. The Morgan fingerprint density at radius 1 is 1.50 bits per heavy atom. The molecule has 2 unspecified atom stereocenters. The van der Waals surface area contributed by atoms with Gasteiger partial charge in [-0.3, -0.25) is 4.90 Å². The molecule has 0 aliphatic carbocycles. The van der Waals surface area contributed by atoms with Crippen LogP contribution in [0.1, 0.15) is 25.7 Å². The molecule has 2 aromatic rings. The summed E-state index contributed by atoms with van der Waals surface area (Å²) < 4.78 is 19.0. The number of aromatic nitrogens is 1. The van der Waals surface area contributed by atoms with E-state index in [4.69, 9.17) is 4.42 Å². The van der Waals surface area contributed by atoms with E-state index in [0.717, 1.165) is 25.9 Å². The quantitative estimate of drug-likeness (QED) is 0.943. The van der Waals surface area contributed by atoms with Gasteiger partial charge in [-0.15, -0.1) is 0 Å². The Morgan fingerprint density at radius 3 is 3.14 bits per heavy atom. The highest BCUT2D eigenvalue weighted by Crippen LogP contribution is 2.24. The zero-order valence-electron chi connectivity index (χ0n) is 12.7. The maximum Gasteiger partial charge on any atom is 0.209 e. The van der Waals surface area contributed by atoms with E-state index in [1.807, 2.05) is 6.92 Å². The Bertz CT molecular complexity index is 627. The minimum Gasteiger partial charge on any atom is -0.439 e. The van der Waals surface area contributed by atoms with Crippen LogP contribution in [0.3, 0.4) is 0 Å². The number of aliphatic hydroxyl groups is 1. The largest absolute Gasteiger partial charge is 0.439 e. The number of rotatable bonds is 4. The summed E-state index contributed by atoms with van der Waals surface area (Å²) in [6.07, 6.45) is 3.50. The summed E-state index contributed by atoms with van der Waals surface area (Å²) in [6, 6.07) is 6.31. The molecule has 0 amide bonds. The van der Waals surface area contributed by atoms with Crippen LogP contribution in [0.25, 0.3) is 11.3 Å². The van der Waals surface area contributed by atoms with Crippen LogP contribution < -0.4 is 0 Å². The third kappa shape index (κ3) is 3.54. The van der Waals surface area contributed by atoms with E-state index in [1.165, 1.54) is 12.1 Å². The number of oxazole rings is 1. The first-order chi connectivity index (χ1) is 10.6. The number of nitrogens with zero attached hydrogens (tertiary/aromatic N) is 2. The molecule has 0 spiro atoms. The second kappa shape index (κ2) is 6.58. The maximum atomic E-state index is 13.3. The predicted octanol–water partition coefficient (Wildman–Crippen LogP) is 3.07. The SMILES string of the molecule is CC(O)C1CCCN(Cc2ncc(-c3cccc(F)c3)o2)C1. The molecule has 1 aromatic heterocycles. The molecule has 4 nitrogen and oxygen atoms in total. The van der Waals surface area contributed by atoms with Crippen LogP contribution in [-0.4, -0.2) is 34.2 Å². The molecular weight excluding hydrogens is 283 g/mol. The molecule has 1 fully saturated rings. The van der Waals surface area contributed by atoms with Gasteiger partial charge in [0.25, 0.3) is 0 Å². The standard InChI is InChI=1S/C17H21FN2O2/c1-12(21)14-5-3-7-20(10-14)11-17-19-9-16(22-17)13-4-2-6-15(18)8-13/h2,4,6,8-9,12,14,21H,3,5,7,10-11H2,1H3. The average molecular weight is 304 g/mol. The number of likely N-dealkylation sites (tertiary alicyclic amines) is 1. The maximum absolute atomic E-state index is 13.3. The zero-order valence-corrected chi connectivity index (χ0v) is 12.7. The van der Waals surface area contributed by atoms with Gasteiger partial charge in [-0.2, -0.15) is 0 Å². The van der Waals surface area contributed by atoms with Crippen LogP contribution in [0.5, 0.6) is 0 Å². The zero-order chi connectivity index (χ0) is 15.5. The first kappa shape index (κ1) is 15.2. The van der Waals surface area contributed by atoms with Gasteiger partial charge in [-0.25, -0.2) is 9.37 Å². The van der Waals surface area contributed by atoms with E-state index in [2.05, 4.69) is 9.88 Å². The van der Waals surface area contributed by atoms with Crippen LogP contribution >= 0.6 is 0 Å². The summed E-state index contributed by atoms with van der Waals surface area (Å²) in [5, 5.41) is 9.74. The fourth-order valence-electron chi connectivity index (χ4n) is 2.98. The second-order valence-corrected chi connectivity index (χ2v) is 6.01. The molecule has 1 saturated heterocycles. The Kier molecular flexibility index (Phi) is 4.55. The van der Waals surface area contributed by atoms with Crippen LogP contribution in [0.15, 0.2) is 34.9 Å². The van der Waals surface area contributed by atoms with Crippen molar-refractivity contribution in [2.45, 2.75) is 32.4 Å². The molecule has 0 saturated carbocycles. The molecule has 1 aliphatic rings. The van der Waals surface area contributed by atoms with Crippen molar-refractivity contribution in [2.24, 2.45) is 5.92 Å². The third-order valence-corrected chi connectivity index (χ3v) is 4.25. The molecule has 1 aliphatic heterocycles. The summed E-state index contributed by atoms with van der Waals surface area (Å²) in [5.74, 6) is 1.24. The highest BCUT2D eigenvalue weighted by Gasteiger charge is 2.24. The van der Waals surface area contributed by atoms with Crippen molar-refractivity contribution in [2.75, 3.05) is 13.1 Å². The molecule has 1 aromatic carbocycles. The van der Waals surface area contributed by atoms with Crippen molar-refractivity contribution in [3.05, 3.63) is 42.2 Å². The molecule has 0 bridgehead atoms. The normalized spacial score (nSPS) is 21.0. The highest BCUT2D eigenvalue weighted by molar-refractivity contribution is 5.56. The number of hydrogen-bond acceptors (Lipinski definition) is 4. The van der Waals surface area contributed by atoms with Gasteiger partial charge in [0.05, 0.1) is 18.8 Å². The van der Waals surface area contributed by atoms with E-state index >= 15 is 0 Å². The number of hydrogen-bond donors (Lipinski definition) is 1. The molecule has 0 radical (unpaired) electrons. The average Bonchev–Trinajstić information content (AvgIpc) is 2.96. The van der Waals surface area contributed by atoms with E-state index in [0.29, 0.717) is 29.7 Å². The van der Waals surface area contributed by atoms with Crippen molar-refractivity contribution in [1.29, 1.82) is 0 Å². The monoisotopic (exact) mass is 304 g/mol. The lowest BCUT2D eigenvalue weighted by Crippen LogP contribution is -2.39. The van der Waals surface area contributed by atoms with E-state index in [1.54, 1.807) is 18.3 Å². The Balaban J connectivity index is 1.67. The summed E-state index contributed by atoms with van der Waals surface area (Å²) in [4.78, 5) is 6.55. The molecule has 5 heteroatoms. The lowest BCUT2D eigenvalue weighted by molar-refractivity contribution is 0.0566. The Labute approximate surface area is 129 Å². The lowest BCUT2D eigenvalue weighted by Gasteiger charge is -2.33. The topological polar surface area (TPSA) is 49.5 Å². The number of benzene rings is 1. The lowest BCUT2D eigenvalue weighted by atomic mass is 9.93. The fraction of sp³-hybridized carbons (Fsp3) is 0.471. The van der Waals surface area contributed by atoms with Gasteiger partial charge in [-0.05, 0) is 44.4 Å². The van der Waals surface area contributed by atoms with Crippen molar-refractivity contribution >= 4 is 0 Å². The van der Waals surface area contributed by atoms with E-state index in [-0.39, 0.29) is 11.9 Å². The highest BCUT2D eigenvalue weighted by atomic mass is 19.1. The van der Waals surface area contributed by atoms with Gasteiger partial charge in [0, 0.05) is 12.1 Å². The van der Waals surface area contributed by atoms with Gasteiger partial charge < -0.3 is 9.52 Å². The summed E-state index contributed by atoms with van der Waals surface area (Å²) >= 11 is 0. The van der Waals surface area contributed by atoms with Crippen molar-refractivity contribution in [3.8, 4) is 11.3 Å². The van der Waals surface area contributed by atoms with Gasteiger partial charge >= 0.3 is 0 Å². The molecule has 22 heavy (non-hydrogen) atoms. The Hall–Kier alpha value is -1.72. The fourth-order valence-corrected chi connectivity index (χ4v) is 2.98. The molecular formula is C17H21FN2O2. The minimum absolute atomic E-state index is 0.282. The summed E-state index contributed by atoms with van der Waals surface area (Å²) in [6.45, 7) is 4.32. The van der Waals surface area contributed by atoms with Crippen molar-refractivity contribution in [3.63, 3.8) is 0 Å². The smallest absolute Gasteiger partial charge is 0.209 e. The number of aliphatic hydroxyl groups excluding tert-OH is 1. The van der Waals surface area contributed by atoms with Gasteiger partial charge in [-0.1, -0.05) is 12.1 Å². The van der Waals surface area contributed by atoms with Crippen LogP contribution in [0, 0.1) is 11.7 Å². The van der Waals surface area contributed by atoms with Gasteiger partial charge in [0.15, 0.2) is 5.76 Å². The first-order valence-corrected chi connectivity index (χ1v) is 7.73. The van der Waals surface area contributed by atoms with E-state index in [9.17, 15) is 9.50 Å². The molecule has 118 valence electrons. The number of halogens is 1. The third-order valence-electron chi connectivity index (χ3n) is 4.25. The predicted molar refractivity (Wildman–Crippen MR) is 81.6 cm³/mol. The van der Waals surface area contributed by atoms with Gasteiger partial charge in [0.1, 0.15) is 5.82 Å². The van der Waals surface area contributed by atoms with Crippen LogP contribution in [0.4, 0.5) is 4.39 Å². The summed E-state index contributed by atoms with van der Waals surface area (Å²) in [7, 11) is 0.